The molecule has 0 radical (unpaired) electrons. The summed E-state index contributed by atoms with van der Waals surface area (Å²) < 4.78 is 102. The number of piperidine rings is 1. The van der Waals surface area contributed by atoms with Crippen LogP contribution in [0.1, 0.15) is 44.1 Å². The quantitative estimate of drug-likeness (QED) is 0.242. The van der Waals surface area contributed by atoms with Crippen LogP contribution in [0.4, 0.5) is 37.3 Å². The summed E-state index contributed by atoms with van der Waals surface area (Å²) in [5, 5.41) is -0.213. The lowest BCUT2D eigenvalue weighted by Gasteiger charge is -2.49. The van der Waals surface area contributed by atoms with E-state index in [2.05, 4.69) is 19.9 Å². The fraction of sp³-hybridized carbons (Fsp3) is 0.516. The van der Waals surface area contributed by atoms with Gasteiger partial charge in [0.1, 0.15) is 29.9 Å². The molecule has 0 bridgehead atoms. The third-order valence-electron chi connectivity index (χ3n) is 10.0. The van der Waals surface area contributed by atoms with E-state index in [1.165, 1.54) is 0 Å². The van der Waals surface area contributed by atoms with E-state index in [1.807, 2.05) is 4.90 Å². The monoisotopic (exact) mass is 664 g/mol. The number of anilines is 2. The molecular weight excluding hydrogens is 634 g/mol. The molecule has 4 fully saturated rings. The van der Waals surface area contributed by atoms with Gasteiger partial charge in [-0.05, 0) is 50.4 Å². The SMILES string of the molecule is Nc1nc2c(-c3c(C(F)(F)F)cc4c(N5CCCC6(CCO6)C5)nc(OC[C@@]56CCCN5C[C@H](F)C6)nc4c3F)ccc(F)c2s1. The Balaban J connectivity index is 1.32. The Bertz CT molecular complexity index is 1870. The highest BCUT2D eigenvalue weighted by atomic mass is 32.1. The summed E-state index contributed by atoms with van der Waals surface area (Å²) in [6.07, 6.45) is -1.85. The number of aromatic nitrogens is 3. The maximum atomic E-state index is 16.8. The molecule has 2 aromatic heterocycles. The Hall–Kier alpha value is -3.43. The number of halogens is 6. The van der Waals surface area contributed by atoms with Gasteiger partial charge in [0.25, 0.3) is 0 Å². The van der Waals surface area contributed by atoms with Gasteiger partial charge in [0.15, 0.2) is 10.9 Å². The Morgan fingerprint density at radius 1 is 1.07 bits per heavy atom. The minimum Gasteiger partial charge on any atom is -0.461 e. The van der Waals surface area contributed by atoms with E-state index in [-0.39, 0.29) is 56.7 Å². The summed E-state index contributed by atoms with van der Waals surface area (Å²) in [6, 6.07) is 2.67. The third-order valence-corrected chi connectivity index (χ3v) is 10.9. The highest BCUT2D eigenvalue weighted by Gasteiger charge is 2.50. The molecule has 4 aliphatic rings. The lowest BCUT2D eigenvalue weighted by molar-refractivity contribution is -0.151. The minimum absolute atomic E-state index is 0.0528. The maximum Gasteiger partial charge on any atom is 0.417 e. The molecule has 6 heterocycles. The average molecular weight is 665 g/mol. The second-order valence-electron chi connectivity index (χ2n) is 12.8. The largest absolute Gasteiger partial charge is 0.461 e. The fourth-order valence-electron chi connectivity index (χ4n) is 7.82. The van der Waals surface area contributed by atoms with Crippen molar-refractivity contribution in [2.45, 2.75) is 62.0 Å². The number of hydrogen-bond donors (Lipinski definition) is 1. The lowest BCUT2D eigenvalue weighted by Crippen LogP contribution is -2.56. The number of thiazole rings is 1. The topological polar surface area (TPSA) is 89.6 Å². The molecule has 1 spiro atoms. The zero-order valence-corrected chi connectivity index (χ0v) is 25.4. The van der Waals surface area contributed by atoms with Gasteiger partial charge in [-0.3, -0.25) is 4.90 Å². The van der Waals surface area contributed by atoms with Crippen molar-refractivity contribution >= 4 is 43.4 Å². The van der Waals surface area contributed by atoms with Gasteiger partial charge < -0.3 is 20.1 Å². The first-order valence-electron chi connectivity index (χ1n) is 15.3. The highest BCUT2D eigenvalue weighted by molar-refractivity contribution is 7.22. The Labute approximate surface area is 263 Å². The van der Waals surface area contributed by atoms with Crippen LogP contribution in [-0.4, -0.2) is 76.6 Å². The van der Waals surface area contributed by atoms with Crippen LogP contribution in [0.3, 0.4) is 0 Å². The molecule has 4 aliphatic heterocycles. The third kappa shape index (κ3) is 4.76. The summed E-state index contributed by atoms with van der Waals surface area (Å²) in [5.41, 5.74) is 1.87. The molecule has 2 aromatic carbocycles. The van der Waals surface area contributed by atoms with Crippen LogP contribution in [0.5, 0.6) is 6.01 Å². The molecule has 2 N–H and O–H groups in total. The number of ether oxygens (including phenoxy) is 2. The molecule has 1 unspecified atom stereocenters. The van der Waals surface area contributed by atoms with Crippen LogP contribution < -0.4 is 15.4 Å². The van der Waals surface area contributed by atoms with E-state index in [4.69, 9.17) is 15.2 Å². The summed E-state index contributed by atoms with van der Waals surface area (Å²) >= 11 is 0.760. The fourth-order valence-corrected chi connectivity index (χ4v) is 8.58. The standard InChI is InChI=1S/C31H30F6N6O2S/c32-16-12-29(5-1-9-43(29)13-16)15-44-28-40-23-18(26(41-28)42-8-2-6-30(14-42)7-10-45-30)11-19(31(35,36)37)21(22(23)34)17-3-4-20(33)25-24(17)39-27(38)46-25/h3-4,11,16H,1-2,5-10,12-15H2,(H2,38,39)/t16-,29+,30?/m1/s1. The van der Waals surface area contributed by atoms with E-state index < -0.39 is 46.2 Å². The predicted octanol–water partition coefficient (Wildman–Crippen LogP) is 6.50. The first-order chi connectivity index (χ1) is 22.0. The van der Waals surface area contributed by atoms with Crippen LogP contribution in [-0.2, 0) is 10.9 Å². The van der Waals surface area contributed by atoms with Crippen LogP contribution in [0, 0.1) is 11.6 Å². The Morgan fingerprint density at radius 3 is 2.63 bits per heavy atom. The molecule has 3 atom stereocenters. The van der Waals surface area contributed by atoms with Crippen molar-refractivity contribution in [1.82, 2.24) is 19.9 Å². The molecule has 0 amide bonds. The number of benzene rings is 2. The van der Waals surface area contributed by atoms with Crippen molar-refractivity contribution < 1.29 is 35.8 Å². The van der Waals surface area contributed by atoms with Gasteiger partial charge in [0, 0.05) is 49.0 Å². The van der Waals surface area contributed by atoms with Crippen LogP contribution >= 0.6 is 11.3 Å². The molecule has 0 saturated carbocycles. The van der Waals surface area contributed by atoms with E-state index in [0.717, 1.165) is 55.3 Å². The van der Waals surface area contributed by atoms with Crippen molar-refractivity contribution in [3.05, 3.63) is 35.4 Å². The molecular formula is C31H30F6N6O2S. The van der Waals surface area contributed by atoms with Crippen molar-refractivity contribution in [1.29, 1.82) is 0 Å². The first kappa shape index (κ1) is 29.9. The van der Waals surface area contributed by atoms with Crippen LogP contribution in [0.2, 0.25) is 0 Å². The first-order valence-corrected chi connectivity index (χ1v) is 16.1. The van der Waals surface area contributed by atoms with Crippen LogP contribution in [0.25, 0.3) is 32.2 Å². The summed E-state index contributed by atoms with van der Waals surface area (Å²) in [4.78, 5) is 16.8. The lowest BCUT2D eigenvalue weighted by atomic mass is 9.85. The zero-order valence-electron chi connectivity index (χ0n) is 24.6. The van der Waals surface area contributed by atoms with Crippen molar-refractivity contribution in [2.75, 3.05) is 50.0 Å². The molecule has 8 rings (SSSR count). The van der Waals surface area contributed by atoms with Gasteiger partial charge in [0.2, 0.25) is 0 Å². The van der Waals surface area contributed by atoms with Gasteiger partial charge >= 0.3 is 12.2 Å². The number of rotatable bonds is 5. The Kier molecular flexibility index (Phi) is 6.86. The summed E-state index contributed by atoms with van der Waals surface area (Å²) in [7, 11) is 0. The molecule has 0 aliphatic carbocycles. The van der Waals surface area contributed by atoms with Crippen molar-refractivity contribution in [2.24, 2.45) is 0 Å². The summed E-state index contributed by atoms with van der Waals surface area (Å²) in [6.45, 7) is 2.49. The second kappa shape index (κ2) is 10.5. The number of nitrogen functional groups attached to an aromatic ring is 1. The highest BCUT2D eigenvalue weighted by Crippen LogP contribution is 2.47. The average Bonchev–Trinajstić information content (AvgIpc) is 3.67. The maximum absolute atomic E-state index is 16.8. The zero-order chi connectivity index (χ0) is 32.0. The van der Waals surface area contributed by atoms with Gasteiger partial charge in [-0.25, -0.2) is 18.2 Å². The van der Waals surface area contributed by atoms with E-state index >= 15 is 4.39 Å². The van der Waals surface area contributed by atoms with E-state index in [9.17, 15) is 22.0 Å². The van der Waals surface area contributed by atoms with Gasteiger partial charge in [0.05, 0.1) is 33.5 Å². The Morgan fingerprint density at radius 2 is 1.87 bits per heavy atom. The van der Waals surface area contributed by atoms with Crippen molar-refractivity contribution in [3.8, 4) is 17.1 Å². The number of alkyl halides is 4. The molecule has 4 saturated heterocycles. The molecule has 244 valence electrons. The van der Waals surface area contributed by atoms with Gasteiger partial charge in [-0.2, -0.15) is 23.1 Å². The second-order valence-corrected chi connectivity index (χ2v) is 13.9. The predicted molar refractivity (Wildman–Crippen MR) is 161 cm³/mol. The smallest absolute Gasteiger partial charge is 0.417 e. The molecule has 46 heavy (non-hydrogen) atoms. The van der Waals surface area contributed by atoms with Gasteiger partial charge in [-0.1, -0.05) is 11.3 Å². The van der Waals surface area contributed by atoms with Crippen molar-refractivity contribution in [3.63, 3.8) is 0 Å². The minimum atomic E-state index is -5.00. The molecule has 8 nitrogen and oxygen atoms in total. The van der Waals surface area contributed by atoms with E-state index in [0.29, 0.717) is 39.1 Å². The number of nitrogens with zero attached hydrogens (tertiary/aromatic N) is 5. The number of fused-ring (bicyclic) bond motifs is 3. The summed E-state index contributed by atoms with van der Waals surface area (Å²) in [5.74, 6) is -1.90. The van der Waals surface area contributed by atoms with Gasteiger partial charge in [-0.15, -0.1) is 0 Å². The number of nitrogens with two attached hydrogens (primary N) is 1. The van der Waals surface area contributed by atoms with E-state index in [1.54, 1.807) is 0 Å². The van der Waals surface area contributed by atoms with Crippen LogP contribution in [0.15, 0.2) is 18.2 Å². The number of hydrogen-bond acceptors (Lipinski definition) is 9. The molecule has 4 aromatic rings. The molecule has 15 heteroatoms. The normalized spacial score (nSPS) is 26.7.